The molecular weight excluding hydrogens is 224 g/mol. The van der Waals surface area contributed by atoms with Gasteiger partial charge in [0.25, 0.3) is 0 Å². The van der Waals surface area contributed by atoms with Crippen LogP contribution in [0.4, 0.5) is 0 Å². The molecule has 2 heterocycles. The van der Waals surface area contributed by atoms with Gasteiger partial charge in [0.2, 0.25) is 0 Å². The zero-order chi connectivity index (χ0) is 12.8. The van der Waals surface area contributed by atoms with Crippen LogP contribution in [-0.2, 0) is 0 Å². The number of amidine groups is 1. The second kappa shape index (κ2) is 7.10. The molecule has 0 aromatic rings. The van der Waals surface area contributed by atoms with Crippen molar-refractivity contribution < 1.29 is 0 Å². The maximum Gasteiger partial charge on any atom is 0.0905 e. The summed E-state index contributed by atoms with van der Waals surface area (Å²) in [5, 5.41) is 7.23. The van der Waals surface area contributed by atoms with Crippen LogP contribution in [0.5, 0.6) is 0 Å². The first kappa shape index (κ1) is 13.8. The molecule has 0 aromatic heterocycles. The van der Waals surface area contributed by atoms with Crippen LogP contribution in [0.1, 0.15) is 44.9 Å². The Labute approximate surface area is 111 Å². The van der Waals surface area contributed by atoms with Crippen LogP contribution in [-0.4, -0.2) is 54.4 Å². The lowest BCUT2D eigenvalue weighted by atomic mass is 10.00. The largest absolute Gasteiger partial charge is 0.388 e. The first-order valence-electron chi connectivity index (χ1n) is 7.55. The van der Waals surface area contributed by atoms with E-state index in [2.05, 4.69) is 9.80 Å². The van der Waals surface area contributed by atoms with Crippen LogP contribution in [0.25, 0.3) is 0 Å². The molecule has 4 heteroatoms. The van der Waals surface area contributed by atoms with Crippen molar-refractivity contribution in [3.8, 4) is 0 Å². The van der Waals surface area contributed by atoms with Crippen molar-refractivity contribution in [1.82, 2.24) is 9.80 Å². The Morgan fingerprint density at radius 3 is 2.33 bits per heavy atom. The molecule has 18 heavy (non-hydrogen) atoms. The van der Waals surface area contributed by atoms with Crippen molar-refractivity contribution in [1.29, 1.82) is 5.41 Å². The van der Waals surface area contributed by atoms with Gasteiger partial charge in [-0.1, -0.05) is 6.42 Å². The summed E-state index contributed by atoms with van der Waals surface area (Å²) in [6, 6.07) is 0.842. The number of nitrogens with zero attached hydrogens (tertiary/aromatic N) is 2. The van der Waals surface area contributed by atoms with E-state index < -0.39 is 0 Å². The first-order chi connectivity index (χ1) is 8.75. The SMILES string of the molecule is N=C(N)CCCN1CCC(N2CCCCC2)CC1. The third kappa shape index (κ3) is 4.25. The third-order valence-electron chi connectivity index (χ3n) is 4.38. The highest BCUT2D eigenvalue weighted by Crippen LogP contribution is 2.20. The van der Waals surface area contributed by atoms with E-state index in [0.29, 0.717) is 5.84 Å². The second-order valence-electron chi connectivity index (χ2n) is 5.80. The predicted molar refractivity (Wildman–Crippen MR) is 76.0 cm³/mol. The van der Waals surface area contributed by atoms with E-state index in [-0.39, 0.29) is 0 Å². The minimum absolute atomic E-state index is 0.332. The third-order valence-corrected chi connectivity index (χ3v) is 4.38. The summed E-state index contributed by atoms with van der Waals surface area (Å²) in [5.74, 6) is 0.332. The molecule has 2 aliphatic rings. The smallest absolute Gasteiger partial charge is 0.0905 e. The second-order valence-corrected chi connectivity index (χ2v) is 5.80. The van der Waals surface area contributed by atoms with Gasteiger partial charge >= 0.3 is 0 Å². The summed E-state index contributed by atoms with van der Waals surface area (Å²) < 4.78 is 0. The van der Waals surface area contributed by atoms with E-state index >= 15 is 0 Å². The highest BCUT2D eigenvalue weighted by atomic mass is 15.2. The molecule has 0 saturated carbocycles. The molecule has 0 aliphatic carbocycles. The lowest BCUT2D eigenvalue weighted by Crippen LogP contribution is -2.46. The van der Waals surface area contributed by atoms with E-state index in [1.807, 2.05) is 0 Å². The molecule has 0 radical (unpaired) electrons. The minimum Gasteiger partial charge on any atom is -0.388 e. The van der Waals surface area contributed by atoms with Gasteiger partial charge in [-0.2, -0.15) is 0 Å². The van der Waals surface area contributed by atoms with Gasteiger partial charge in [0.1, 0.15) is 0 Å². The van der Waals surface area contributed by atoms with E-state index in [9.17, 15) is 0 Å². The molecule has 0 aromatic carbocycles. The van der Waals surface area contributed by atoms with Crippen LogP contribution < -0.4 is 5.73 Å². The van der Waals surface area contributed by atoms with Crippen molar-refractivity contribution in [2.24, 2.45) is 5.73 Å². The van der Waals surface area contributed by atoms with E-state index in [4.69, 9.17) is 11.1 Å². The van der Waals surface area contributed by atoms with Crippen LogP contribution in [0, 0.1) is 5.41 Å². The first-order valence-corrected chi connectivity index (χ1v) is 7.55. The Hall–Kier alpha value is -0.610. The highest BCUT2D eigenvalue weighted by molar-refractivity contribution is 5.76. The monoisotopic (exact) mass is 252 g/mol. The van der Waals surface area contributed by atoms with Crippen LogP contribution in [0.3, 0.4) is 0 Å². The fourth-order valence-electron chi connectivity index (χ4n) is 3.28. The number of hydrogen-bond acceptors (Lipinski definition) is 3. The zero-order valence-corrected chi connectivity index (χ0v) is 11.5. The van der Waals surface area contributed by atoms with Crippen molar-refractivity contribution in [2.75, 3.05) is 32.7 Å². The van der Waals surface area contributed by atoms with Gasteiger partial charge in [-0.05, 0) is 64.8 Å². The topological polar surface area (TPSA) is 56.4 Å². The average molecular weight is 252 g/mol. The molecule has 4 nitrogen and oxygen atoms in total. The van der Waals surface area contributed by atoms with Crippen molar-refractivity contribution in [3.63, 3.8) is 0 Å². The highest BCUT2D eigenvalue weighted by Gasteiger charge is 2.25. The van der Waals surface area contributed by atoms with Gasteiger partial charge in [-0.3, -0.25) is 5.41 Å². The molecule has 3 N–H and O–H groups in total. The Balaban J connectivity index is 1.63. The van der Waals surface area contributed by atoms with Crippen LogP contribution >= 0.6 is 0 Å². The Kier molecular flexibility index (Phi) is 5.45. The number of hydrogen-bond donors (Lipinski definition) is 2. The fourth-order valence-corrected chi connectivity index (χ4v) is 3.28. The van der Waals surface area contributed by atoms with E-state index in [1.165, 1.54) is 58.3 Å². The zero-order valence-electron chi connectivity index (χ0n) is 11.5. The molecule has 0 unspecified atom stereocenters. The summed E-state index contributed by atoms with van der Waals surface area (Å²) in [7, 11) is 0. The summed E-state index contributed by atoms with van der Waals surface area (Å²) in [6.07, 6.45) is 8.70. The molecule has 2 saturated heterocycles. The number of rotatable bonds is 5. The molecule has 104 valence electrons. The summed E-state index contributed by atoms with van der Waals surface area (Å²) >= 11 is 0. The van der Waals surface area contributed by atoms with E-state index in [1.54, 1.807) is 0 Å². The molecule has 0 spiro atoms. The minimum atomic E-state index is 0.332. The lowest BCUT2D eigenvalue weighted by Gasteiger charge is -2.40. The van der Waals surface area contributed by atoms with E-state index in [0.717, 1.165) is 25.4 Å². The number of piperidine rings is 2. The summed E-state index contributed by atoms with van der Waals surface area (Å²) in [4.78, 5) is 5.26. The van der Waals surface area contributed by atoms with Gasteiger partial charge in [-0.15, -0.1) is 0 Å². The summed E-state index contributed by atoms with van der Waals surface area (Å²) in [5.41, 5.74) is 5.39. The van der Waals surface area contributed by atoms with Crippen molar-refractivity contribution >= 4 is 5.84 Å². The van der Waals surface area contributed by atoms with Gasteiger partial charge in [0.05, 0.1) is 5.84 Å². The van der Waals surface area contributed by atoms with Crippen LogP contribution in [0.2, 0.25) is 0 Å². The molecule has 0 amide bonds. The fraction of sp³-hybridized carbons (Fsp3) is 0.929. The number of nitrogens with one attached hydrogen (secondary N) is 1. The quantitative estimate of drug-likeness (QED) is 0.578. The van der Waals surface area contributed by atoms with Gasteiger partial charge < -0.3 is 15.5 Å². The lowest BCUT2D eigenvalue weighted by molar-refractivity contribution is 0.0923. The molecular formula is C14H28N4. The number of nitrogens with two attached hydrogens (primary N) is 1. The number of likely N-dealkylation sites (tertiary alicyclic amines) is 2. The van der Waals surface area contributed by atoms with Gasteiger partial charge in [0, 0.05) is 12.5 Å². The molecule has 0 atom stereocenters. The Morgan fingerprint density at radius 2 is 1.72 bits per heavy atom. The molecule has 2 fully saturated rings. The van der Waals surface area contributed by atoms with Gasteiger partial charge in [0.15, 0.2) is 0 Å². The average Bonchev–Trinajstić information content (AvgIpc) is 2.40. The summed E-state index contributed by atoms with van der Waals surface area (Å²) in [6.45, 7) is 6.24. The van der Waals surface area contributed by atoms with Crippen LogP contribution in [0.15, 0.2) is 0 Å². The van der Waals surface area contributed by atoms with Crippen molar-refractivity contribution in [2.45, 2.75) is 51.0 Å². The Bertz CT molecular complexity index is 253. The molecule has 2 aliphatic heterocycles. The maximum absolute atomic E-state index is 7.23. The standard InChI is InChI=1S/C14H28N4/c15-14(16)5-4-8-17-11-6-13(7-12-17)18-9-2-1-3-10-18/h13H,1-12H2,(H3,15,16). The predicted octanol–water partition coefficient (Wildman–Crippen LogP) is 1.65. The molecule has 0 bridgehead atoms. The molecule has 2 rings (SSSR count). The van der Waals surface area contributed by atoms with Crippen molar-refractivity contribution in [3.05, 3.63) is 0 Å². The normalized spacial score (nSPS) is 24.2. The maximum atomic E-state index is 7.23. The Morgan fingerprint density at radius 1 is 1.06 bits per heavy atom. The van der Waals surface area contributed by atoms with Gasteiger partial charge in [-0.25, -0.2) is 0 Å².